The van der Waals surface area contributed by atoms with Crippen molar-refractivity contribution in [1.29, 1.82) is 0 Å². The van der Waals surface area contributed by atoms with Crippen LogP contribution in [0.15, 0.2) is 6.20 Å². The molecule has 1 heterocycles. The van der Waals surface area contributed by atoms with Gasteiger partial charge < -0.3 is 5.32 Å². The van der Waals surface area contributed by atoms with Crippen LogP contribution in [0.2, 0.25) is 0 Å². The van der Waals surface area contributed by atoms with E-state index in [1.54, 1.807) is 0 Å². The second-order valence-electron chi connectivity index (χ2n) is 3.64. The van der Waals surface area contributed by atoms with Crippen molar-refractivity contribution in [3.05, 3.63) is 17.5 Å². The van der Waals surface area contributed by atoms with E-state index in [0.29, 0.717) is 0 Å². The van der Waals surface area contributed by atoms with Crippen LogP contribution >= 0.6 is 0 Å². The van der Waals surface area contributed by atoms with E-state index in [-0.39, 0.29) is 0 Å². The van der Waals surface area contributed by atoms with Crippen molar-refractivity contribution < 1.29 is 0 Å². The van der Waals surface area contributed by atoms with Gasteiger partial charge in [-0.25, -0.2) is 0 Å². The van der Waals surface area contributed by atoms with Gasteiger partial charge in [0.25, 0.3) is 0 Å². The summed E-state index contributed by atoms with van der Waals surface area (Å²) in [6.07, 6.45) is 4.59. The summed E-state index contributed by atoms with van der Waals surface area (Å²) in [5, 5.41) is 7.80. The molecule has 0 aliphatic carbocycles. The summed E-state index contributed by atoms with van der Waals surface area (Å²) < 4.78 is 2.06. The first-order chi connectivity index (χ1) is 6.77. The van der Waals surface area contributed by atoms with Crippen LogP contribution in [0.25, 0.3) is 0 Å². The highest BCUT2D eigenvalue weighted by Gasteiger charge is 2.02. The fourth-order valence-corrected chi connectivity index (χ4v) is 1.43. The minimum Gasteiger partial charge on any atom is -0.313 e. The summed E-state index contributed by atoms with van der Waals surface area (Å²) in [5.74, 6) is 0. The van der Waals surface area contributed by atoms with Gasteiger partial charge in [0.15, 0.2) is 0 Å². The third kappa shape index (κ3) is 3.14. The number of hydrogen-bond donors (Lipinski definition) is 1. The van der Waals surface area contributed by atoms with E-state index in [4.69, 9.17) is 0 Å². The van der Waals surface area contributed by atoms with Crippen LogP contribution in [0, 0.1) is 6.92 Å². The Kier molecular flexibility index (Phi) is 4.66. The third-order valence-electron chi connectivity index (χ3n) is 2.35. The van der Waals surface area contributed by atoms with E-state index in [0.717, 1.165) is 25.3 Å². The van der Waals surface area contributed by atoms with E-state index in [9.17, 15) is 0 Å². The van der Waals surface area contributed by atoms with Crippen molar-refractivity contribution in [2.24, 2.45) is 0 Å². The molecule has 0 unspecified atom stereocenters. The number of hydrogen-bond acceptors (Lipinski definition) is 2. The molecule has 0 bridgehead atoms. The Morgan fingerprint density at radius 3 is 2.86 bits per heavy atom. The van der Waals surface area contributed by atoms with Gasteiger partial charge in [0.05, 0.1) is 5.69 Å². The van der Waals surface area contributed by atoms with Crippen LogP contribution < -0.4 is 5.32 Å². The van der Waals surface area contributed by atoms with E-state index in [2.05, 4.69) is 42.1 Å². The van der Waals surface area contributed by atoms with Gasteiger partial charge in [-0.05, 0) is 19.9 Å². The normalized spacial score (nSPS) is 10.8. The molecule has 80 valence electrons. The zero-order valence-electron chi connectivity index (χ0n) is 9.51. The van der Waals surface area contributed by atoms with Crippen LogP contribution in [0.5, 0.6) is 0 Å². The highest BCUT2D eigenvalue weighted by Crippen LogP contribution is 2.06. The Bertz CT molecular complexity index is 265. The largest absolute Gasteiger partial charge is 0.313 e. The molecule has 1 rings (SSSR count). The van der Waals surface area contributed by atoms with Gasteiger partial charge in [-0.3, -0.25) is 4.68 Å². The van der Waals surface area contributed by atoms with Gasteiger partial charge in [-0.2, -0.15) is 5.10 Å². The molecule has 0 radical (unpaired) electrons. The summed E-state index contributed by atoms with van der Waals surface area (Å²) >= 11 is 0. The Hall–Kier alpha value is -0.830. The third-order valence-corrected chi connectivity index (χ3v) is 2.35. The number of nitrogens with zero attached hydrogens (tertiary/aromatic N) is 2. The second kappa shape index (κ2) is 5.81. The van der Waals surface area contributed by atoms with Crippen LogP contribution in [0.3, 0.4) is 0 Å². The van der Waals surface area contributed by atoms with Gasteiger partial charge in [0.1, 0.15) is 0 Å². The fourth-order valence-electron chi connectivity index (χ4n) is 1.43. The maximum atomic E-state index is 4.48. The quantitative estimate of drug-likeness (QED) is 0.753. The first kappa shape index (κ1) is 11.2. The van der Waals surface area contributed by atoms with E-state index in [1.807, 2.05) is 0 Å². The molecule has 14 heavy (non-hydrogen) atoms. The molecular weight excluding hydrogens is 174 g/mol. The number of rotatable bonds is 6. The molecule has 0 aliphatic heterocycles. The number of unbranched alkanes of at least 4 members (excludes halogenated alkanes) is 1. The van der Waals surface area contributed by atoms with Crippen molar-refractivity contribution in [3.63, 3.8) is 0 Å². The monoisotopic (exact) mass is 195 g/mol. The van der Waals surface area contributed by atoms with Crippen molar-refractivity contribution in [2.45, 2.75) is 46.7 Å². The van der Waals surface area contributed by atoms with Crippen LogP contribution in [0.1, 0.15) is 37.9 Å². The molecule has 1 N–H and O–H groups in total. The van der Waals surface area contributed by atoms with Gasteiger partial charge in [0, 0.05) is 24.8 Å². The molecular formula is C11H21N3. The molecule has 1 aromatic heterocycles. The molecule has 0 saturated carbocycles. The summed E-state index contributed by atoms with van der Waals surface area (Å²) in [7, 11) is 0. The van der Waals surface area contributed by atoms with Crippen LogP contribution in [0.4, 0.5) is 0 Å². The van der Waals surface area contributed by atoms with Crippen molar-refractivity contribution in [1.82, 2.24) is 15.1 Å². The maximum Gasteiger partial charge on any atom is 0.0638 e. The van der Waals surface area contributed by atoms with Crippen molar-refractivity contribution >= 4 is 0 Å². The summed E-state index contributed by atoms with van der Waals surface area (Å²) in [4.78, 5) is 0. The lowest BCUT2D eigenvalue weighted by Gasteiger charge is -1.98. The lowest BCUT2D eigenvalue weighted by atomic mass is 10.2. The van der Waals surface area contributed by atoms with Crippen molar-refractivity contribution in [3.8, 4) is 0 Å². The highest BCUT2D eigenvalue weighted by atomic mass is 15.3. The molecule has 0 saturated heterocycles. The predicted molar refractivity (Wildman–Crippen MR) is 59.3 cm³/mol. The first-order valence-electron chi connectivity index (χ1n) is 5.51. The van der Waals surface area contributed by atoms with E-state index < -0.39 is 0 Å². The Morgan fingerprint density at radius 1 is 1.43 bits per heavy atom. The van der Waals surface area contributed by atoms with Gasteiger partial charge in [-0.1, -0.05) is 20.3 Å². The van der Waals surface area contributed by atoms with Crippen molar-refractivity contribution in [2.75, 3.05) is 6.54 Å². The smallest absolute Gasteiger partial charge is 0.0638 e. The van der Waals surface area contributed by atoms with Gasteiger partial charge >= 0.3 is 0 Å². The topological polar surface area (TPSA) is 29.9 Å². The van der Waals surface area contributed by atoms with Crippen LogP contribution in [-0.4, -0.2) is 16.3 Å². The Balaban J connectivity index is 2.53. The summed E-state index contributed by atoms with van der Waals surface area (Å²) in [6, 6.07) is 0. The number of nitrogens with one attached hydrogen (secondary N) is 1. The Labute approximate surface area is 86.5 Å². The zero-order chi connectivity index (χ0) is 10.4. The molecule has 0 atom stereocenters. The molecule has 1 aromatic rings. The maximum absolute atomic E-state index is 4.48. The van der Waals surface area contributed by atoms with Crippen LogP contribution in [-0.2, 0) is 13.1 Å². The molecule has 3 heteroatoms. The summed E-state index contributed by atoms with van der Waals surface area (Å²) in [5.41, 5.74) is 2.48. The van der Waals surface area contributed by atoms with E-state index in [1.165, 1.54) is 18.4 Å². The lowest BCUT2D eigenvalue weighted by Crippen LogP contribution is -2.11. The van der Waals surface area contributed by atoms with Gasteiger partial charge in [0.2, 0.25) is 0 Å². The Morgan fingerprint density at radius 2 is 2.21 bits per heavy atom. The lowest BCUT2D eigenvalue weighted by molar-refractivity contribution is 0.568. The minimum atomic E-state index is 0.939. The average Bonchev–Trinajstić information content (AvgIpc) is 2.53. The molecule has 0 fully saturated rings. The molecule has 0 spiro atoms. The first-order valence-corrected chi connectivity index (χ1v) is 5.51. The molecule has 0 aromatic carbocycles. The second-order valence-corrected chi connectivity index (χ2v) is 3.64. The highest BCUT2D eigenvalue weighted by molar-refractivity contribution is 5.14. The zero-order valence-corrected chi connectivity index (χ0v) is 9.51. The van der Waals surface area contributed by atoms with E-state index >= 15 is 0 Å². The minimum absolute atomic E-state index is 0.939. The number of aromatic nitrogens is 2. The fraction of sp³-hybridized carbons (Fsp3) is 0.727. The molecule has 0 amide bonds. The standard InChI is InChI=1S/C11H21N3/c1-4-6-7-14-9-11(8-12-5-2)10(3)13-14/h9,12H,4-8H2,1-3H3. The SMILES string of the molecule is CCCCn1cc(CNCC)c(C)n1. The number of aryl methyl sites for hydroxylation is 2. The van der Waals surface area contributed by atoms with Gasteiger partial charge in [-0.15, -0.1) is 0 Å². The molecule has 0 aliphatic rings. The predicted octanol–water partition coefficient (Wildman–Crippen LogP) is 2.10. The molecule has 3 nitrogen and oxygen atoms in total. The summed E-state index contributed by atoms with van der Waals surface area (Å²) in [6.45, 7) is 9.40. The average molecular weight is 195 g/mol.